The van der Waals surface area contributed by atoms with Gasteiger partial charge in [0.05, 0.1) is 16.8 Å². The molecule has 2 aromatic carbocycles. The zero-order valence-electron chi connectivity index (χ0n) is 15.7. The molecular weight excluding hydrogens is 443 g/mol. The van der Waals surface area contributed by atoms with Gasteiger partial charge in [-0.25, -0.2) is 9.18 Å². The molecule has 2 amide bonds. The van der Waals surface area contributed by atoms with Gasteiger partial charge >= 0.3 is 5.97 Å². The Balaban J connectivity index is 2.14. The fourth-order valence-electron chi connectivity index (χ4n) is 3.57. The normalized spacial score (nSPS) is 16.6. The fourth-order valence-corrected chi connectivity index (χ4v) is 4.07. The Hall–Kier alpha value is -3.00. The Bertz CT molecular complexity index is 1060. The van der Waals surface area contributed by atoms with E-state index in [0.717, 1.165) is 0 Å². The third kappa shape index (κ3) is 3.80. The number of halogens is 2. The minimum absolute atomic E-state index is 0.0186. The largest absolute Gasteiger partial charge is 0.478 e. The molecule has 150 valence electrons. The highest BCUT2D eigenvalue weighted by molar-refractivity contribution is 9.10. The van der Waals surface area contributed by atoms with Gasteiger partial charge in [-0.15, -0.1) is 0 Å². The zero-order valence-corrected chi connectivity index (χ0v) is 17.3. The number of amides is 2. The van der Waals surface area contributed by atoms with Crippen molar-refractivity contribution in [3.05, 3.63) is 74.6 Å². The first-order valence-electron chi connectivity index (χ1n) is 8.73. The number of carbonyl (C=O) groups excluding carboxylic acids is 2. The predicted octanol–water partition coefficient (Wildman–Crippen LogP) is 3.79. The minimum atomic E-state index is -1.17. The number of carboxylic acid groups (broad SMARTS) is 1. The Labute approximate surface area is 174 Å². The second kappa shape index (κ2) is 7.79. The number of primary amides is 1. The van der Waals surface area contributed by atoms with E-state index >= 15 is 0 Å². The van der Waals surface area contributed by atoms with Crippen LogP contribution in [-0.2, 0) is 9.59 Å². The van der Waals surface area contributed by atoms with Crippen LogP contribution in [0, 0.1) is 19.7 Å². The van der Waals surface area contributed by atoms with Crippen LogP contribution in [0.1, 0.15) is 39.4 Å². The average Bonchev–Trinajstić information content (AvgIpc) is 2.66. The van der Waals surface area contributed by atoms with E-state index < -0.39 is 23.6 Å². The van der Waals surface area contributed by atoms with Crippen molar-refractivity contribution in [1.82, 2.24) is 0 Å². The van der Waals surface area contributed by atoms with Crippen LogP contribution in [0.25, 0.3) is 0 Å². The summed E-state index contributed by atoms with van der Waals surface area (Å²) in [5.41, 5.74) is 7.93. The number of rotatable bonds is 4. The first-order chi connectivity index (χ1) is 13.6. The lowest BCUT2D eigenvalue weighted by molar-refractivity contribution is -0.133. The average molecular weight is 461 g/mol. The van der Waals surface area contributed by atoms with Crippen LogP contribution in [0.15, 0.2) is 46.6 Å². The number of anilines is 1. The number of benzene rings is 2. The van der Waals surface area contributed by atoms with Crippen molar-refractivity contribution in [1.29, 1.82) is 0 Å². The van der Waals surface area contributed by atoms with Crippen molar-refractivity contribution in [2.24, 2.45) is 5.73 Å². The van der Waals surface area contributed by atoms with Crippen LogP contribution < -0.4 is 10.6 Å². The molecule has 0 saturated carbocycles. The van der Waals surface area contributed by atoms with E-state index in [1.54, 1.807) is 19.9 Å². The lowest BCUT2D eigenvalue weighted by atomic mass is 9.85. The van der Waals surface area contributed by atoms with Gasteiger partial charge in [0.1, 0.15) is 5.82 Å². The number of aliphatic carboxylic acids is 1. The molecule has 6 nitrogen and oxygen atoms in total. The second-order valence-electron chi connectivity index (χ2n) is 6.85. The van der Waals surface area contributed by atoms with Crippen LogP contribution in [0.4, 0.5) is 10.1 Å². The Morgan fingerprint density at radius 1 is 1.24 bits per heavy atom. The molecule has 0 aromatic heterocycles. The second-order valence-corrected chi connectivity index (χ2v) is 7.65. The Morgan fingerprint density at radius 2 is 1.86 bits per heavy atom. The maximum Gasteiger partial charge on any atom is 0.333 e. The number of nitrogens with two attached hydrogens (primary N) is 1. The van der Waals surface area contributed by atoms with Crippen molar-refractivity contribution in [3.63, 3.8) is 0 Å². The molecular formula is C21H18BrFN2O4. The van der Waals surface area contributed by atoms with E-state index in [4.69, 9.17) is 5.73 Å². The van der Waals surface area contributed by atoms with Crippen LogP contribution in [0.3, 0.4) is 0 Å². The molecule has 0 fully saturated rings. The van der Waals surface area contributed by atoms with E-state index in [2.05, 4.69) is 15.9 Å². The molecule has 1 atom stereocenters. The van der Waals surface area contributed by atoms with Gasteiger partial charge in [-0.05, 0) is 64.7 Å². The van der Waals surface area contributed by atoms with Crippen LogP contribution in [0.5, 0.6) is 0 Å². The molecule has 1 heterocycles. The number of hydrogen-bond donors (Lipinski definition) is 2. The molecule has 8 heteroatoms. The fraction of sp³-hybridized carbons (Fsp3) is 0.190. The standard InChI is InChI=1S/C21H18BrFN2O4/c1-10-7-15(20(24)27)18(22)11(2)19(10)25-9-16(21(28)29)14(8-17(25)26)12-3-5-13(23)6-4-12/h3-7,9,14H,8H2,1-2H3,(H2,24,27)(H,28,29). The van der Waals surface area contributed by atoms with Gasteiger partial charge in [-0.3, -0.25) is 14.5 Å². The highest BCUT2D eigenvalue weighted by atomic mass is 79.9. The number of hydrogen-bond acceptors (Lipinski definition) is 3. The van der Waals surface area contributed by atoms with E-state index in [0.29, 0.717) is 26.9 Å². The van der Waals surface area contributed by atoms with Crippen molar-refractivity contribution >= 4 is 39.4 Å². The number of carbonyl (C=O) groups is 3. The molecule has 0 bridgehead atoms. The molecule has 1 aliphatic heterocycles. The number of nitrogens with zero attached hydrogens (tertiary/aromatic N) is 1. The molecule has 0 aliphatic carbocycles. The maximum absolute atomic E-state index is 13.2. The van der Waals surface area contributed by atoms with Crippen LogP contribution in [-0.4, -0.2) is 22.9 Å². The monoisotopic (exact) mass is 460 g/mol. The predicted molar refractivity (Wildman–Crippen MR) is 109 cm³/mol. The molecule has 3 N–H and O–H groups in total. The molecule has 2 aromatic rings. The molecule has 0 spiro atoms. The quantitative estimate of drug-likeness (QED) is 0.724. The molecule has 0 saturated heterocycles. The SMILES string of the molecule is Cc1cc(C(N)=O)c(Br)c(C)c1N1C=C(C(=O)O)C(c2ccc(F)cc2)CC1=O. The van der Waals surface area contributed by atoms with Crippen molar-refractivity contribution in [2.45, 2.75) is 26.2 Å². The van der Waals surface area contributed by atoms with Crippen LogP contribution in [0.2, 0.25) is 0 Å². The summed E-state index contributed by atoms with van der Waals surface area (Å²) >= 11 is 3.34. The van der Waals surface area contributed by atoms with Gasteiger partial charge in [0.15, 0.2) is 0 Å². The van der Waals surface area contributed by atoms with Gasteiger partial charge < -0.3 is 10.8 Å². The lowest BCUT2D eigenvalue weighted by Crippen LogP contribution is -2.35. The van der Waals surface area contributed by atoms with E-state index in [1.165, 1.54) is 35.4 Å². The summed E-state index contributed by atoms with van der Waals surface area (Å²) < 4.78 is 13.7. The summed E-state index contributed by atoms with van der Waals surface area (Å²) in [6.07, 6.45) is 1.21. The first kappa shape index (κ1) is 20.7. The van der Waals surface area contributed by atoms with Crippen molar-refractivity contribution < 1.29 is 23.9 Å². The third-order valence-corrected chi connectivity index (χ3v) is 5.99. The topological polar surface area (TPSA) is 101 Å². The number of carboxylic acids is 1. The lowest BCUT2D eigenvalue weighted by Gasteiger charge is -2.32. The molecule has 1 aliphatic rings. The van der Waals surface area contributed by atoms with Gasteiger partial charge in [0, 0.05) is 23.0 Å². The maximum atomic E-state index is 13.2. The van der Waals surface area contributed by atoms with Crippen molar-refractivity contribution in [3.8, 4) is 0 Å². The molecule has 1 unspecified atom stereocenters. The van der Waals surface area contributed by atoms with E-state index in [1.807, 2.05) is 0 Å². The first-order valence-corrected chi connectivity index (χ1v) is 9.53. The highest BCUT2D eigenvalue weighted by Gasteiger charge is 2.34. The summed E-state index contributed by atoms with van der Waals surface area (Å²) in [6.45, 7) is 3.43. The van der Waals surface area contributed by atoms with Gasteiger partial charge in [0.2, 0.25) is 11.8 Å². The molecule has 0 radical (unpaired) electrons. The zero-order chi connectivity index (χ0) is 21.5. The third-order valence-electron chi connectivity index (χ3n) is 4.97. The Morgan fingerprint density at radius 3 is 2.41 bits per heavy atom. The number of aryl methyl sites for hydroxylation is 1. The van der Waals surface area contributed by atoms with Crippen molar-refractivity contribution in [2.75, 3.05) is 4.90 Å². The molecule has 3 rings (SSSR count). The van der Waals surface area contributed by atoms with Gasteiger partial charge in [-0.1, -0.05) is 12.1 Å². The summed E-state index contributed by atoms with van der Waals surface area (Å²) in [5, 5.41) is 9.73. The Kier molecular flexibility index (Phi) is 5.57. The molecule has 29 heavy (non-hydrogen) atoms. The summed E-state index contributed by atoms with van der Waals surface area (Å²) in [4.78, 5) is 37.8. The summed E-state index contributed by atoms with van der Waals surface area (Å²) in [7, 11) is 0. The van der Waals surface area contributed by atoms with Gasteiger partial charge in [-0.2, -0.15) is 0 Å². The minimum Gasteiger partial charge on any atom is -0.478 e. The van der Waals surface area contributed by atoms with Gasteiger partial charge in [0.25, 0.3) is 0 Å². The highest BCUT2D eigenvalue weighted by Crippen LogP contribution is 2.39. The van der Waals surface area contributed by atoms with Crippen LogP contribution >= 0.6 is 15.9 Å². The van der Waals surface area contributed by atoms with E-state index in [-0.39, 0.29) is 23.5 Å². The van der Waals surface area contributed by atoms with E-state index in [9.17, 15) is 23.9 Å². The summed E-state index contributed by atoms with van der Waals surface area (Å²) in [5.74, 6) is -3.22. The summed E-state index contributed by atoms with van der Waals surface area (Å²) in [6, 6.07) is 6.99. The smallest absolute Gasteiger partial charge is 0.333 e.